The van der Waals surface area contributed by atoms with Crippen molar-refractivity contribution in [2.45, 2.75) is 52.1 Å². The fourth-order valence-corrected chi connectivity index (χ4v) is 2.86. The molecule has 0 saturated heterocycles. The fourth-order valence-electron chi connectivity index (χ4n) is 2.57. The summed E-state index contributed by atoms with van der Waals surface area (Å²) in [5, 5.41) is 0.460. The van der Waals surface area contributed by atoms with Gasteiger partial charge in [-0.3, -0.25) is 4.90 Å². The first-order valence-corrected chi connectivity index (χ1v) is 7.80. The van der Waals surface area contributed by atoms with Crippen LogP contribution in [0, 0.1) is 5.82 Å². The van der Waals surface area contributed by atoms with Gasteiger partial charge in [0, 0.05) is 23.2 Å². The minimum atomic E-state index is -0.269. The maximum Gasteiger partial charge on any atom is 0.129 e. The lowest BCUT2D eigenvalue weighted by molar-refractivity contribution is 0.151. The zero-order chi connectivity index (χ0) is 15.1. The van der Waals surface area contributed by atoms with Crippen molar-refractivity contribution in [2.24, 2.45) is 5.73 Å². The Morgan fingerprint density at radius 1 is 1.30 bits per heavy atom. The quantitative estimate of drug-likeness (QED) is 0.722. The number of nitrogens with zero attached hydrogens (tertiary/aromatic N) is 1. The van der Waals surface area contributed by atoms with Crippen LogP contribution in [0.15, 0.2) is 18.2 Å². The van der Waals surface area contributed by atoms with E-state index in [-0.39, 0.29) is 11.9 Å². The molecule has 0 spiro atoms. The number of halogens is 2. The highest BCUT2D eigenvalue weighted by Crippen LogP contribution is 2.31. The predicted octanol–water partition coefficient (Wildman–Crippen LogP) is 4.38. The van der Waals surface area contributed by atoms with Crippen molar-refractivity contribution in [1.82, 2.24) is 4.90 Å². The predicted molar refractivity (Wildman–Crippen MR) is 84.6 cm³/mol. The molecule has 0 aliphatic rings. The Morgan fingerprint density at radius 3 is 2.50 bits per heavy atom. The first-order valence-electron chi connectivity index (χ1n) is 7.42. The maximum atomic E-state index is 14.1. The first kappa shape index (κ1) is 17.4. The molecule has 4 heteroatoms. The smallest absolute Gasteiger partial charge is 0.129 e. The number of hydrogen-bond donors (Lipinski definition) is 1. The van der Waals surface area contributed by atoms with Gasteiger partial charge in [-0.05, 0) is 38.9 Å². The molecular weight excluding hydrogens is 275 g/mol. The number of unbranched alkanes of at least 4 members (excludes halogenated alkanes) is 2. The minimum absolute atomic E-state index is 0.166. The largest absolute Gasteiger partial charge is 0.329 e. The second-order valence-electron chi connectivity index (χ2n) is 5.43. The third kappa shape index (κ3) is 4.44. The molecule has 1 aromatic carbocycles. The van der Waals surface area contributed by atoms with E-state index in [1.807, 2.05) is 0 Å². The second-order valence-corrected chi connectivity index (χ2v) is 5.83. The van der Waals surface area contributed by atoms with Crippen molar-refractivity contribution in [1.29, 1.82) is 0 Å². The van der Waals surface area contributed by atoms with Crippen molar-refractivity contribution < 1.29 is 4.39 Å². The summed E-state index contributed by atoms with van der Waals surface area (Å²) in [6, 6.07) is 4.95. The van der Waals surface area contributed by atoms with Crippen LogP contribution in [0.3, 0.4) is 0 Å². The standard InChI is InChI=1S/C16H26ClFN2/c1-4-5-6-10-20(12(2)3)15(11-19)16-13(17)8-7-9-14(16)18/h7-9,12,15H,4-6,10-11,19H2,1-3H3. The number of rotatable bonds is 8. The third-order valence-corrected chi connectivity index (χ3v) is 3.97. The van der Waals surface area contributed by atoms with E-state index in [9.17, 15) is 4.39 Å². The number of benzene rings is 1. The minimum Gasteiger partial charge on any atom is -0.329 e. The molecule has 0 saturated carbocycles. The lowest BCUT2D eigenvalue weighted by atomic mass is 10.0. The Kier molecular flexibility index (Phi) is 7.49. The van der Waals surface area contributed by atoms with E-state index >= 15 is 0 Å². The molecule has 2 N–H and O–H groups in total. The van der Waals surface area contributed by atoms with Crippen LogP contribution in [0.4, 0.5) is 4.39 Å². The molecule has 114 valence electrons. The highest BCUT2D eigenvalue weighted by Gasteiger charge is 2.25. The Labute approximate surface area is 127 Å². The molecule has 1 rings (SSSR count). The zero-order valence-electron chi connectivity index (χ0n) is 12.7. The summed E-state index contributed by atoms with van der Waals surface area (Å²) in [4.78, 5) is 2.25. The van der Waals surface area contributed by atoms with Gasteiger partial charge in [0.2, 0.25) is 0 Å². The van der Waals surface area contributed by atoms with Gasteiger partial charge in [-0.2, -0.15) is 0 Å². The van der Waals surface area contributed by atoms with Crippen LogP contribution in [0.5, 0.6) is 0 Å². The van der Waals surface area contributed by atoms with Gasteiger partial charge in [-0.25, -0.2) is 4.39 Å². The average Bonchev–Trinajstić information content (AvgIpc) is 2.40. The summed E-state index contributed by atoms with van der Waals surface area (Å²) in [5.74, 6) is -0.269. The van der Waals surface area contributed by atoms with Crippen LogP contribution in [-0.2, 0) is 0 Å². The molecule has 0 aliphatic heterocycles. The van der Waals surface area contributed by atoms with Crippen LogP contribution in [0.2, 0.25) is 5.02 Å². The van der Waals surface area contributed by atoms with Gasteiger partial charge in [-0.15, -0.1) is 0 Å². The normalized spacial score (nSPS) is 13.2. The Bertz CT molecular complexity index is 389. The summed E-state index contributed by atoms with van der Waals surface area (Å²) < 4.78 is 14.1. The number of hydrogen-bond acceptors (Lipinski definition) is 2. The first-order chi connectivity index (χ1) is 9.52. The zero-order valence-corrected chi connectivity index (χ0v) is 13.5. The molecule has 0 fully saturated rings. The molecule has 0 amide bonds. The highest BCUT2D eigenvalue weighted by molar-refractivity contribution is 6.31. The van der Waals surface area contributed by atoms with Gasteiger partial charge in [0.15, 0.2) is 0 Å². The third-order valence-electron chi connectivity index (χ3n) is 3.64. The molecule has 0 heterocycles. The summed E-state index contributed by atoms with van der Waals surface area (Å²) in [6.07, 6.45) is 3.43. The van der Waals surface area contributed by atoms with E-state index in [2.05, 4.69) is 25.7 Å². The van der Waals surface area contributed by atoms with E-state index in [4.69, 9.17) is 17.3 Å². The molecule has 2 nitrogen and oxygen atoms in total. The van der Waals surface area contributed by atoms with Crippen LogP contribution in [-0.4, -0.2) is 24.0 Å². The Balaban J connectivity index is 3.00. The van der Waals surface area contributed by atoms with Crippen molar-refractivity contribution in [3.63, 3.8) is 0 Å². The molecular formula is C16H26ClFN2. The molecule has 0 radical (unpaired) electrons. The van der Waals surface area contributed by atoms with Gasteiger partial charge in [0.25, 0.3) is 0 Å². The molecule has 20 heavy (non-hydrogen) atoms. The molecule has 0 bridgehead atoms. The van der Waals surface area contributed by atoms with Crippen LogP contribution < -0.4 is 5.73 Å². The summed E-state index contributed by atoms with van der Waals surface area (Å²) >= 11 is 6.19. The fraction of sp³-hybridized carbons (Fsp3) is 0.625. The van der Waals surface area contributed by atoms with E-state index in [0.717, 1.165) is 13.0 Å². The van der Waals surface area contributed by atoms with E-state index in [1.54, 1.807) is 12.1 Å². The van der Waals surface area contributed by atoms with E-state index in [1.165, 1.54) is 18.9 Å². The summed E-state index contributed by atoms with van der Waals surface area (Å²) in [5.41, 5.74) is 6.45. The molecule has 1 atom stereocenters. The molecule has 1 aromatic rings. The lowest BCUT2D eigenvalue weighted by Crippen LogP contribution is -2.40. The van der Waals surface area contributed by atoms with Crippen LogP contribution in [0.1, 0.15) is 51.6 Å². The van der Waals surface area contributed by atoms with Crippen molar-refractivity contribution in [2.75, 3.05) is 13.1 Å². The SMILES string of the molecule is CCCCCN(C(C)C)C(CN)c1c(F)cccc1Cl. The summed E-state index contributed by atoms with van der Waals surface area (Å²) in [7, 11) is 0. The Hall–Kier alpha value is -0.640. The van der Waals surface area contributed by atoms with Crippen LogP contribution >= 0.6 is 11.6 Å². The summed E-state index contributed by atoms with van der Waals surface area (Å²) in [6.45, 7) is 7.68. The van der Waals surface area contributed by atoms with Gasteiger partial charge in [0.1, 0.15) is 5.82 Å². The van der Waals surface area contributed by atoms with Crippen molar-refractivity contribution in [3.05, 3.63) is 34.6 Å². The second kappa shape index (κ2) is 8.60. The van der Waals surface area contributed by atoms with Gasteiger partial charge >= 0.3 is 0 Å². The number of nitrogens with two attached hydrogens (primary N) is 1. The lowest BCUT2D eigenvalue weighted by Gasteiger charge is -2.35. The molecule has 0 aliphatic carbocycles. The van der Waals surface area contributed by atoms with Crippen LogP contribution in [0.25, 0.3) is 0 Å². The average molecular weight is 301 g/mol. The van der Waals surface area contributed by atoms with E-state index < -0.39 is 0 Å². The topological polar surface area (TPSA) is 29.3 Å². The Morgan fingerprint density at radius 2 is 2.00 bits per heavy atom. The van der Waals surface area contributed by atoms with Gasteiger partial charge < -0.3 is 5.73 Å². The van der Waals surface area contributed by atoms with E-state index in [0.29, 0.717) is 23.2 Å². The van der Waals surface area contributed by atoms with Crippen molar-refractivity contribution >= 4 is 11.6 Å². The molecule has 0 aromatic heterocycles. The maximum absolute atomic E-state index is 14.1. The highest BCUT2D eigenvalue weighted by atomic mass is 35.5. The van der Waals surface area contributed by atoms with Gasteiger partial charge in [0.05, 0.1) is 6.04 Å². The van der Waals surface area contributed by atoms with Crippen molar-refractivity contribution in [3.8, 4) is 0 Å². The monoisotopic (exact) mass is 300 g/mol. The van der Waals surface area contributed by atoms with Gasteiger partial charge in [-0.1, -0.05) is 37.4 Å². The molecule has 1 unspecified atom stereocenters.